The zero-order valence-corrected chi connectivity index (χ0v) is 16.1. The van der Waals surface area contributed by atoms with E-state index in [1.54, 1.807) is 0 Å². The van der Waals surface area contributed by atoms with E-state index in [9.17, 15) is 4.79 Å². The van der Waals surface area contributed by atoms with Crippen molar-refractivity contribution in [1.82, 2.24) is 19.8 Å². The van der Waals surface area contributed by atoms with E-state index in [4.69, 9.17) is 4.42 Å². The molecule has 0 saturated carbocycles. The van der Waals surface area contributed by atoms with Crippen molar-refractivity contribution in [3.63, 3.8) is 0 Å². The van der Waals surface area contributed by atoms with Gasteiger partial charge in [-0.3, -0.25) is 0 Å². The largest absolute Gasteiger partial charge is 0.466 e. The molecule has 1 aliphatic rings. The lowest BCUT2D eigenvalue weighted by Crippen LogP contribution is -2.48. The molecule has 26 heavy (non-hydrogen) atoms. The standard InChI is InChI=1S/C20H30N4O2/c1-4-23-14-12-21-19(23)18-7-5-6-13-24(18)20(25)22-15(2)8-10-17-11-9-16(3)26-17/h9,11-12,14-15,18H,4-8,10,13H2,1-3H3,(H,22,25). The lowest BCUT2D eigenvalue weighted by molar-refractivity contribution is 0.143. The summed E-state index contributed by atoms with van der Waals surface area (Å²) in [6.07, 6.45) is 8.69. The van der Waals surface area contributed by atoms with Crippen LogP contribution >= 0.6 is 0 Å². The Morgan fingerprint density at radius 3 is 3.00 bits per heavy atom. The summed E-state index contributed by atoms with van der Waals surface area (Å²) in [5.41, 5.74) is 0. The molecule has 2 unspecified atom stereocenters. The second-order valence-corrected chi connectivity index (χ2v) is 7.18. The van der Waals surface area contributed by atoms with E-state index in [1.165, 1.54) is 0 Å². The topological polar surface area (TPSA) is 63.3 Å². The zero-order chi connectivity index (χ0) is 18.5. The number of imidazole rings is 1. The Morgan fingerprint density at radius 2 is 2.27 bits per heavy atom. The first-order valence-corrected chi connectivity index (χ1v) is 9.72. The summed E-state index contributed by atoms with van der Waals surface area (Å²) in [6.45, 7) is 7.78. The number of nitrogens with zero attached hydrogens (tertiary/aromatic N) is 3. The van der Waals surface area contributed by atoms with Gasteiger partial charge in [0.05, 0.1) is 6.04 Å². The highest BCUT2D eigenvalue weighted by Gasteiger charge is 2.31. The molecule has 6 nitrogen and oxygen atoms in total. The van der Waals surface area contributed by atoms with E-state index in [0.717, 1.165) is 62.5 Å². The number of aryl methyl sites for hydroxylation is 3. The third kappa shape index (κ3) is 4.29. The summed E-state index contributed by atoms with van der Waals surface area (Å²) in [6, 6.07) is 4.17. The molecule has 0 aliphatic carbocycles. The van der Waals surface area contributed by atoms with Crippen LogP contribution in [-0.4, -0.2) is 33.1 Å². The molecule has 3 heterocycles. The van der Waals surface area contributed by atoms with Gasteiger partial charge in [-0.25, -0.2) is 9.78 Å². The Kier molecular flexibility index (Phi) is 6.01. The predicted molar refractivity (Wildman–Crippen MR) is 101 cm³/mol. The number of nitrogens with one attached hydrogen (secondary N) is 1. The van der Waals surface area contributed by atoms with Crippen LogP contribution in [0.1, 0.15) is 62.9 Å². The van der Waals surface area contributed by atoms with Gasteiger partial charge in [-0.15, -0.1) is 0 Å². The minimum Gasteiger partial charge on any atom is -0.466 e. The number of carbonyl (C=O) groups excluding carboxylic acids is 1. The van der Waals surface area contributed by atoms with E-state index in [2.05, 4.69) is 28.7 Å². The minimum atomic E-state index is 0.0171. The third-order valence-electron chi connectivity index (χ3n) is 5.14. The lowest BCUT2D eigenvalue weighted by Gasteiger charge is -2.36. The normalized spacial score (nSPS) is 18.7. The molecule has 142 valence electrons. The lowest BCUT2D eigenvalue weighted by atomic mass is 10.0. The number of aromatic nitrogens is 2. The first-order chi connectivity index (χ1) is 12.6. The summed E-state index contributed by atoms with van der Waals surface area (Å²) in [7, 11) is 0. The Hall–Kier alpha value is -2.24. The third-order valence-corrected chi connectivity index (χ3v) is 5.14. The number of amides is 2. The highest BCUT2D eigenvalue weighted by atomic mass is 16.3. The summed E-state index contributed by atoms with van der Waals surface area (Å²) in [4.78, 5) is 19.4. The van der Waals surface area contributed by atoms with Crippen LogP contribution in [-0.2, 0) is 13.0 Å². The van der Waals surface area contributed by atoms with E-state index in [-0.39, 0.29) is 18.1 Å². The van der Waals surface area contributed by atoms with Gasteiger partial charge in [0, 0.05) is 37.9 Å². The van der Waals surface area contributed by atoms with Crippen molar-refractivity contribution in [3.05, 3.63) is 41.9 Å². The number of rotatable bonds is 6. The number of urea groups is 1. The minimum absolute atomic E-state index is 0.0171. The molecule has 0 aromatic carbocycles. The first kappa shape index (κ1) is 18.5. The predicted octanol–water partition coefficient (Wildman–Crippen LogP) is 4.06. The Balaban J connectivity index is 1.59. The van der Waals surface area contributed by atoms with Gasteiger partial charge in [-0.05, 0) is 58.6 Å². The van der Waals surface area contributed by atoms with E-state index >= 15 is 0 Å². The molecule has 1 N–H and O–H groups in total. The molecule has 2 aromatic rings. The first-order valence-electron chi connectivity index (χ1n) is 9.72. The second-order valence-electron chi connectivity index (χ2n) is 7.18. The highest BCUT2D eigenvalue weighted by molar-refractivity contribution is 5.75. The highest BCUT2D eigenvalue weighted by Crippen LogP contribution is 2.30. The van der Waals surface area contributed by atoms with Gasteiger partial charge >= 0.3 is 6.03 Å². The van der Waals surface area contributed by atoms with Gasteiger partial charge in [-0.1, -0.05) is 0 Å². The number of carbonyl (C=O) groups is 1. The second kappa shape index (κ2) is 8.43. The molecular weight excluding hydrogens is 328 g/mol. The molecular formula is C20H30N4O2. The summed E-state index contributed by atoms with van der Waals surface area (Å²) >= 11 is 0. The van der Waals surface area contributed by atoms with Gasteiger partial charge in [0.25, 0.3) is 0 Å². The Morgan fingerprint density at radius 1 is 1.42 bits per heavy atom. The van der Waals surface area contributed by atoms with Gasteiger partial charge in [0.1, 0.15) is 17.3 Å². The van der Waals surface area contributed by atoms with Gasteiger partial charge in [0.2, 0.25) is 0 Å². The van der Waals surface area contributed by atoms with E-state index in [1.807, 2.05) is 36.4 Å². The van der Waals surface area contributed by atoms with Crippen molar-refractivity contribution in [2.24, 2.45) is 0 Å². The molecule has 2 amide bonds. The van der Waals surface area contributed by atoms with Crippen LogP contribution in [0.25, 0.3) is 0 Å². The SMILES string of the molecule is CCn1ccnc1C1CCCCN1C(=O)NC(C)CCc1ccc(C)o1. The van der Waals surface area contributed by atoms with Crippen LogP contribution in [0, 0.1) is 6.92 Å². The van der Waals surface area contributed by atoms with Crippen LogP contribution in [0.2, 0.25) is 0 Å². The molecule has 6 heteroatoms. The summed E-state index contributed by atoms with van der Waals surface area (Å²) in [5.74, 6) is 2.91. The van der Waals surface area contributed by atoms with Crippen molar-refractivity contribution < 1.29 is 9.21 Å². The number of hydrogen-bond donors (Lipinski definition) is 1. The molecule has 1 fully saturated rings. The van der Waals surface area contributed by atoms with Gasteiger partial charge in [0.15, 0.2) is 0 Å². The maximum absolute atomic E-state index is 12.9. The number of piperidine rings is 1. The van der Waals surface area contributed by atoms with Crippen molar-refractivity contribution in [3.8, 4) is 0 Å². The fourth-order valence-electron chi connectivity index (χ4n) is 3.67. The molecule has 0 spiro atoms. The summed E-state index contributed by atoms with van der Waals surface area (Å²) in [5, 5.41) is 3.16. The Bertz CT molecular complexity index is 721. The van der Waals surface area contributed by atoms with Crippen molar-refractivity contribution in [2.75, 3.05) is 6.54 Å². The summed E-state index contributed by atoms with van der Waals surface area (Å²) < 4.78 is 7.75. The zero-order valence-electron chi connectivity index (χ0n) is 16.1. The average Bonchev–Trinajstić information content (AvgIpc) is 3.28. The van der Waals surface area contributed by atoms with Gasteiger partial charge < -0.3 is 19.2 Å². The molecule has 3 rings (SSSR count). The molecule has 1 aliphatic heterocycles. The number of hydrogen-bond acceptors (Lipinski definition) is 3. The maximum Gasteiger partial charge on any atom is 0.318 e. The van der Waals surface area contributed by atoms with Crippen LogP contribution in [0.4, 0.5) is 4.79 Å². The Labute approximate surface area is 155 Å². The fourth-order valence-corrected chi connectivity index (χ4v) is 3.67. The average molecular weight is 358 g/mol. The number of furan rings is 1. The van der Waals surface area contributed by atoms with Crippen LogP contribution in [0.3, 0.4) is 0 Å². The molecule has 2 aromatic heterocycles. The molecule has 2 atom stereocenters. The van der Waals surface area contributed by atoms with Crippen molar-refractivity contribution in [1.29, 1.82) is 0 Å². The van der Waals surface area contributed by atoms with Crippen molar-refractivity contribution in [2.45, 2.75) is 71.5 Å². The van der Waals surface area contributed by atoms with E-state index < -0.39 is 0 Å². The number of likely N-dealkylation sites (tertiary alicyclic amines) is 1. The van der Waals surface area contributed by atoms with Crippen molar-refractivity contribution >= 4 is 6.03 Å². The quantitative estimate of drug-likeness (QED) is 0.847. The fraction of sp³-hybridized carbons (Fsp3) is 0.600. The molecule has 0 radical (unpaired) electrons. The van der Waals surface area contributed by atoms with Crippen LogP contribution in [0.5, 0.6) is 0 Å². The van der Waals surface area contributed by atoms with Gasteiger partial charge in [-0.2, -0.15) is 0 Å². The maximum atomic E-state index is 12.9. The molecule has 0 bridgehead atoms. The van der Waals surface area contributed by atoms with Crippen LogP contribution in [0.15, 0.2) is 28.9 Å². The smallest absolute Gasteiger partial charge is 0.318 e. The monoisotopic (exact) mass is 358 g/mol. The van der Waals surface area contributed by atoms with E-state index in [0.29, 0.717) is 0 Å². The van der Waals surface area contributed by atoms with Crippen LogP contribution < -0.4 is 5.32 Å². The molecule has 1 saturated heterocycles.